The third kappa shape index (κ3) is 2.49. The van der Waals surface area contributed by atoms with Crippen LogP contribution < -0.4 is 0 Å². The fourth-order valence-corrected chi connectivity index (χ4v) is 3.02. The molecule has 0 radical (unpaired) electrons. The first-order valence-electron chi connectivity index (χ1n) is 6.74. The minimum Gasteiger partial charge on any atom is -0.248 e. The predicted octanol–water partition coefficient (Wildman–Crippen LogP) is 4.41. The Balaban J connectivity index is 1.88. The maximum atomic E-state index is 6.25. The molecule has 1 fully saturated rings. The molecule has 1 heterocycles. The van der Waals surface area contributed by atoms with Crippen LogP contribution in [0.3, 0.4) is 0 Å². The molecule has 0 atom stereocenters. The largest absolute Gasteiger partial charge is 0.248 e. The van der Waals surface area contributed by atoms with E-state index >= 15 is 0 Å². The Labute approximate surface area is 112 Å². The summed E-state index contributed by atoms with van der Waals surface area (Å²) in [5.41, 5.74) is 2.81. The van der Waals surface area contributed by atoms with Gasteiger partial charge in [0.2, 0.25) is 0 Å². The second-order valence-corrected chi connectivity index (χ2v) is 5.52. The van der Waals surface area contributed by atoms with Crippen LogP contribution in [0.4, 0.5) is 0 Å². The zero-order valence-electron chi connectivity index (χ0n) is 10.4. The summed E-state index contributed by atoms with van der Waals surface area (Å²) < 4.78 is 0. The van der Waals surface area contributed by atoms with E-state index in [0.29, 0.717) is 5.15 Å². The summed E-state index contributed by atoms with van der Waals surface area (Å²) in [5.74, 6) is 0.742. The molecule has 18 heavy (non-hydrogen) atoms. The Morgan fingerprint density at radius 2 is 1.67 bits per heavy atom. The van der Waals surface area contributed by atoms with Crippen LogP contribution in [0.1, 0.15) is 37.8 Å². The van der Waals surface area contributed by atoms with Crippen molar-refractivity contribution < 1.29 is 0 Å². The fourth-order valence-electron chi connectivity index (χ4n) is 2.81. The average molecular weight is 261 g/mol. The lowest BCUT2D eigenvalue weighted by atomic mass is 9.86. The van der Waals surface area contributed by atoms with Gasteiger partial charge in [0.1, 0.15) is 0 Å². The zero-order valence-corrected chi connectivity index (χ0v) is 11.2. The highest BCUT2D eigenvalue weighted by Gasteiger charge is 2.17. The summed E-state index contributed by atoms with van der Waals surface area (Å²) in [6.07, 6.45) is 7.69. The molecule has 1 saturated carbocycles. The topological polar surface area (TPSA) is 25.8 Å². The average Bonchev–Trinajstić information content (AvgIpc) is 2.41. The number of fused-ring (bicyclic) bond motifs is 1. The molecule has 1 aliphatic carbocycles. The maximum Gasteiger partial charge on any atom is 0.151 e. The first kappa shape index (κ1) is 11.9. The van der Waals surface area contributed by atoms with Gasteiger partial charge in [0.05, 0.1) is 16.7 Å². The smallest absolute Gasteiger partial charge is 0.151 e. The van der Waals surface area contributed by atoms with E-state index < -0.39 is 0 Å². The van der Waals surface area contributed by atoms with Crippen molar-refractivity contribution in [3.63, 3.8) is 0 Å². The van der Waals surface area contributed by atoms with Crippen LogP contribution in [0.25, 0.3) is 11.0 Å². The number of hydrogen-bond acceptors (Lipinski definition) is 2. The van der Waals surface area contributed by atoms with Gasteiger partial charge in [0, 0.05) is 0 Å². The van der Waals surface area contributed by atoms with Crippen molar-refractivity contribution in [1.82, 2.24) is 9.97 Å². The third-order valence-electron chi connectivity index (χ3n) is 3.80. The molecule has 0 amide bonds. The van der Waals surface area contributed by atoms with Gasteiger partial charge in [-0.2, -0.15) is 0 Å². The number of hydrogen-bond donors (Lipinski definition) is 0. The molecule has 1 aromatic carbocycles. The highest BCUT2D eigenvalue weighted by atomic mass is 35.5. The zero-order chi connectivity index (χ0) is 12.4. The molecule has 2 nitrogen and oxygen atoms in total. The van der Waals surface area contributed by atoms with Crippen LogP contribution >= 0.6 is 11.6 Å². The third-order valence-corrected chi connectivity index (χ3v) is 4.10. The van der Waals surface area contributed by atoms with Crippen molar-refractivity contribution in [3.05, 3.63) is 35.1 Å². The lowest BCUT2D eigenvalue weighted by molar-refractivity contribution is 0.354. The summed E-state index contributed by atoms with van der Waals surface area (Å²) in [6, 6.07) is 7.92. The molecule has 0 saturated heterocycles. The van der Waals surface area contributed by atoms with Crippen LogP contribution in [-0.2, 0) is 6.42 Å². The van der Waals surface area contributed by atoms with Gasteiger partial charge in [0.15, 0.2) is 5.15 Å². The van der Waals surface area contributed by atoms with Gasteiger partial charge in [-0.05, 0) is 24.5 Å². The number of benzene rings is 1. The summed E-state index contributed by atoms with van der Waals surface area (Å²) >= 11 is 6.25. The van der Waals surface area contributed by atoms with Crippen molar-refractivity contribution in [2.75, 3.05) is 0 Å². The van der Waals surface area contributed by atoms with E-state index in [0.717, 1.165) is 29.1 Å². The first-order valence-corrected chi connectivity index (χ1v) is 7.12. The van der Waals surface area contributed by atoms with Crippen LogP contribution in [0.2, 0.25) is 5.15 Å². The molecule has 0 unspecified atom stereocenters. The Morgan fingerprint density at radius 3 is 2.39 bits per heavy atom. The van der Waals surface area contributed by atoms with Gasteiger partial charge in [-0.1, -0.05) is 55.8 Å². The summed E-state index contributed by atoms with van der Waals surface area (Å²) in [7, 11) is 0. The lowest BCUT2D eigenvalue weighted by Gasteiger charge is -2.21. The summed E-state index contributed by atoms with van der Waals surface area (Å²) in [5, 5.41) is 0.583. The molecule has 94 valence electrons. The van der Waals surface area contributed by atoms with E-state index in [1.165, 1.54) is 32.1 Å². The molecule has 1 aliphatic rings. The Hall–Kier alpha value is -1.15. The standard InChI is InChI=1S/C15H17ClN2/c16-15-14(10-11-6-2-1-3-7-11)17-12-8-4-5-9-13(12)18-15/h4-5,8-9,11H,1-3,6-7,10H2. The highest BCUT2D eigenvalue weighted by Crippen LogP contribution is 2.28. The SMILES string of the molecule is Clc1nc2ccccc2nc1CC1CCCCC1. The monoisotopic (exact) mass is 260 g/mol. The number of halogens is 1. The quantitative estimate of drug-likeness (QED) is 0.800. The minimum absolute atomic E-state index is 0.583. The Bertz CT molecular complexity index is 547. The van der Waals surface area contributed by atoms with E-state index in [-0.39, 0.29) is 0 Å². The fraction of sp³-hybridized carbons (Fsp3) is 0.467. The Morgan fingerprint density at radius 1 is 1.00 bits per heavy atom. The van der Waals surface area contributed by atoms with Crippen molar-refractivity contribution in [1.29, 1.82) is 0 Å². The van der Waals surface area contributed by atoms with Gasteiger partial charge >= 0.3 is 0 Å². The van der Waals surface area contributed by atoms with Crippen molar-refractivity contribution >= 4 is 22.6 Å². The number of aromatic nitrogens is 2. The van der Waals surface area contributed by atoms with Gasteiger partial charge in [0.25, 0.3) is 0 Å². The second-order valence-electron chi connectivity index (χ2n) is 5.16. The molecule has 0 spiro atoms. The second kappa shape index (κ2) is 5.23. The molecule has 1 aromatic heterocycles. The normalized spacial score (nSPS) is 17.2. The van der Waals surface area contributed by atoms with Crippen LogP contribution in [0.15, 0.2) is 24.3 Å². The van der Waals surface area contributed by atoms with Gasteiger partial charge < -0.3 is 0 Å². The van der Waals surface area contributed by atoms with E-state index in [2.05, 4.69) is 9.97 Å². The Kier molecular flexibility index (Phi) is 3.46. The van der Waals surface area contributed by atoms with E-state index in [1.807, 2.05) is 24.3 Å². The predicted molar refractivity (Wildman–Crippen MR) is 74.8 cm³/mol. The van der Waals surface area contributed by atoms with Gasteiger partial charge in [-0.15, -0.1) is 0 Å². The minimum atomic E-state index is 0.583. The van der Waals surface area contributed by atoms with Crippen molar-refractivity contribution in [3.8, 4) is 0 Å². The summed E-state index contributed by atoms with van der Waals surface area (Å²) in [4.78, 5) is 9.12. The maximum absolute atomic E-state index is 6.25. The van der Waals surface area contributed by atoms with Crippen molar-refractivity contribution in [2.24, 2.45) is 5.92 Å². The summed E-state index contributed by atoms with van der Waals surface area (Å²) in [6.45, 7) is 0. The van der Waals surface area contributed by atoms with Crippen molar-refractivity contribution in [2.45, 2.75) is 38.5 Å². The van der Waals surface area contributed by atoms with E-state index in [1.54, 1.807) is 0 Å². The molecule has 0 aliphatic heterocycles. The molecule has 0 N–H and O–H groups in total. The molecule has 0 bridgehead atoms. The number of para-hydroxylation sites is 2. The number of nitrogens with zero attached hydrogens (tertiary/aromatic N) is 2. The first-order chi connectivity index (χ1) is 8.83. The van der Waals surface area contributed by atoms with Crippen LogP contribution in [-0.4, -0.2) is 9.97 Å². The van der Waals surface area contributed by atoms with E-state index in [9.17, 15) is 0 Å². The number of rotatable bonds is 2. The molecule has 2 aromatic rings. The van der Waals surface area contributed by atoms with Gasteiger partial charge in [-0.25, -0.2) is 9.97 Å². The lowest BCUT2D eigenvalue weighted by Crippen LogP contribution is -2.11. The van der Waals surface area contributed by atoms with E-state index in [4.69, 9.17) is 11.6 Å². The molecule has 3 rings (SSSR count). The van der Waals surface area contributed by atoms with Gasteiger partial charge in [-0.3, -0.25) is 0 Å². The van der Waals surface area contributed by atoms with Crippen LogP contribution in [0, 0.1) is 5.92 Å². The highest BCUT2D eigenvalue weighted by molar-refractivity contribution is 6.30. The molecular weight excluding hydrogens is 244 g/mol. The molecular formula is C15H17ClN2. The molecule has 3 heteroatoms. The van der Waals surface area contributed by atoms with Crippen LogP contribution in [0.5, 0.6) is 0 Å².